The molecule has 0 amide bonds. The normalized spacial score (nSPS) is 13.2. The van der Waals surface area contributed by atoms with Crippen LogP contribution in [0.3, 0.4) is 0 Å². The van der Waals surface area contributed by atoms with E-state index in [0.29, 0.717) is 5.75 Å². The highest BCUT2D eigenvalue weighted by molar-refractivity contribution is 5.73. The highest BCUT2D eigenvalue weighted by Gasteiger charge is 2.28. The topological polar surface area (TPSA) is 72.5 Å². The summed E-state index contributed by atoms with van der Waals surface area (Å²) in [5.74, 6) is -0.166. The minimum Gasteiger partial charge on any atom is -0.492 e. The summed E-state index contributed by atoms with van der Waals surface area (Å²) in [6.45, 7) is 7.26. The van der Waals surface area contributed by atoms with Gasteiger partial charge in [0.25, 0.3) is 0 Å². The van der Waals surface area contributed by atoms with E-state index in [0.717, 1.165) is 11.1 Å². The molecule has 0 unspecified atom stereocenters. The van der Waals surface area contributed by atoms with Crippen LogP contribution in [0.25, 0.3) is 0 Å². The summed E-state index contributed by atoms with van der Waals surface area (Å²) in [7, 11) is 0. The maximum atomic E-state index is 11.0. The van der Waals surface area contributed by atoms with Gasteiger partial charge >= 0.3 is 5.97 Å². The molecule has 3 N–H and O–H groups in total. The fraction of sp³-hybridized carbons (Fsp3) is 0.500. The number of aliphatic carboxylic acids is 1. The van der Waals surface area contributed by atoms with Crippen molar-refractivity contribution >= 4 is 5.97 Å². The Labute approximate surface area is 108 Å². The molecule has 4 heteroatoms. The van der Waals surface area contributed by atoms with Crippen molar-refractivity contribution in [2.75, 3.05) is 6.61 Å². The van der Waals surface area contributed by atoms with E-state index >= 15 is 0 Å². The average Bonchev–Trinajstić information content (AvgIpc) is 2.26. The Bertz CT molecular complexity index is 439. The van der Waals surface area contributed by atoms with Crippen molar-refractivity contribution in [3.8, 4) is 5.75 Å². The maximum absolute atomic E-state index is 11.0. The summed E-state index contributed by atoms with van der Waals surface area (Å²) in [5, 5.41) is 9.01. The molecular formula is C14H21NO3. The molecule has 18 heavy (non-hydrogen) atoms. The number of carbonyl (C=O) groups is 1. The molecule has 1 rings (SSSR count). The lowest BCUT2D eigenvalue weighted by atomic mass is 9.95. The molecule has 0 aliphatic carbocycles. The van der Waals surface area contributed by atoms with Crippen LogP contribution in [0.5, 0.6) is 5.75 Å². The van der Waals surface area contributed by atoms with Gasteiger partial charge < -0.3 is 15.6 Å². The lowest BCUT2D eigenvalue weighted by Gasteiger charge is -2.20. The van der Waals surface area contributed by atoms with Gasteiger partial charge in [0.2, 0.25) is 0 Å². The number of carboxylic acids is 1. The molecule has 1 atom stereocenters. The van der Waals surface area contributed by atoms with Crippen LogP contribution in [0.2, 0.25) is 0 Å². The minimum atomic E-state index is -0.897. The van der Waals surface area contributed by atoms with E-state index in [2.05, 4.69) is 0 Å². The first-order valence-electron chi connectivity index (χ1n) is 5.96. The number of benzene rings is 1. The average molecular weight is 251 g/mol. The third-order valence-electron chi connectivity index (χ3n) is 2.89. The molecule has 0 spiro atoms. The summed E-state index contributed by atoms with van der Waals surface area (Å²) >= 11 is 0. The van der Waals surface area contributed by atoms with Crippen molar-refractivity contribution in [3.63, 3.8) is 0 Å². The van der Waals surface area contributed by atoms with Gasteiger partial charge in [0.05, 0.1) is 5.41 Å². The fourth-order valence-corrected chi connectivity index (χ4v) is 1.44. The molecular weight excluding hydrogens is 230 g/mol. The van der Waals surface area contributed by atoms with Crippen LogP contribution in [-0.2, 0) is 4.79 Å². The molecule has 0 aliphatic heterocycles. The maximum Gasteiger partial charge on any atom is 0.312 e. The monoisotopic (exact) mass is 251 g/mol. The molecule has 100 valence electrons. The number of nitrogens with two attached hydrogens (primary N) is 1. The van der Waals surface area contributed by atoms with Gasteiger partial charge in [-0.2, -0.15) is 0 Å². The standard InChI is InChI=1S/C14H21NO3/c1-9-7-11(10(2)15)5-6-12(9)18-8-14(3,4)13(16)17/h5-7,10H,8,15H2,1-4H3,(H,16,17)/t10-/m0/s1. The first-order valence-corrected chi connectivity index (χ1v) is 5.96. The largest absolute Gasteiger partial charge is 0.492 e. The third-order valence-corrected chi connectivity index (χ3v) is 2.89. The molecule has 0 bridgehead atoms. The third kappa shape index (κ3) is 3.47. The predicted molar refractivity (Wildman–Crippen MR) is 70.7 cm³/mol. The van der Waals surface area contributed by atoms with E-state index in [1.54, 1.807) is 13.8 Å². The number of aryl methyl sites for hydroxylation is 1. The van der Waals surface area contributed by atoms with Gasteiger partial charge in [-0.3, -0.25) is 4.79 Å². The van der Waals surface area contributed by atoms with Gasteiger partial charge in [0, 0.05) is 6.04 Å². The Hall–Kier alpha value is -1.55. The molecule has 1 aromatic rings. The lowest BCUT2D eigenvalue weighted by Crippen LogP contribution is -2.30. The van der Waals surface area contributed by atoms with Crippen molar-refractivity contribution in [3.05, 3.63) is 29.3 Å². The van der Waals surface area contributed by atoms with Crippen molar-refractivity contribution in [1.82, 2.24) is 0 Å². The second-order valence-corrected chi connectivity index (χ2v) is 5.29. The second-order valence-electron chi connectivity index (χ2n) is 5.29. The second kappa shape index (κ2) is 5.40. The van der Waals surface area contributed by atoms with Crippen LogP contribution in [0.1, 0.15) is 37.9 Å². The number of hydrogen-bond acceptors (Lipinski definition) is 3. The quantitative estimate of drug-likeness (QED) is 0.843. The summed E-state index contributed by atoms with van der Waals surface area (Å²) in [5.41, 5.74) is 6.90. The Morgan fingerprint density at radius 1 is 1.50 bits per heavy atom. The van der Waals surface area contributed by atoms with Gasteiger partial charge in [-0.1, -0.05) is 12.1 Å². The Balaban J connectivity index is 2.78. The molecule has 0 radical (unpaired) electrons. The highest BCUT2D eigenvalue weighted by atomic mass is 16.5. The summed E-state index contributed by atoms with van der Waals surface area (Å²) < 4.78 is 5.58. The Kier molecular flexibility index (Phi) is 4.35. The number of carboxylic acid groups (broad SMARTS) is 1. The van der Waals surface area contributed by atoms with E-state index in [-0.39, 0.29) is 12.6 Å². The van der Waals surface area contributed by atoms with Gasteiger partial charge in [0.15, 0.2) is 0 Å². The molecule has 0 saturated heterocycles. The zero-order valence-electron chi connectivity index (χ0n) is 11.4. The molecule has 0 heterocycles. The summed E-state index contributed by atoms with van der Waals surface area (Å²) in [6.07, 6.45) is 0. The van der Waals surface area contributed by atoms with Gasteiger partial charge in [-0.15, -0.1) is 0 Å². The van der Waals surface area contributed by atoms with E-state index in [1.165, 1.54) is 0 Å². The van der Waals surface area contributed by atoms with E-state index < -0.39 is 11.4 Å². The first kappa shape index (κ1) is 14.5. The summed E-state index contributed by atoms with van der Waals surface area (Å²) in [6, 6.07) is 5.69. The number of rotatable bonds is 5. The number of ether oxygens (including phenoxy) is 1. The van der Waals surface area contributed by atoms with Crippen LogP contribution in [0.15, 0.2) is 18.2 Å². The lowest BCUT2D eigenvalue weighted by molar-refractivity contribution is -0.148. The van der Waals surface area contributed by atoms with Crippen molar-refractivity contribution < 1.29 is 14.6 Å². The van der Waals surface area contributed by atoms with Crippen LogP contribution in [0, 0.1) is 12.3 Å². The summed E-state index contributed by atoms with van der Waals surface area (Å²) in [4.78, 5) is 11.0. The predicted octanol–water partition coefficient (Wildman–Crippen LogP) is 2.50. The molecule has 0 saturated carbocycles. The van der Waals surface area contributed by atoms with E-state index in [4.69, 9.17) is 15.6 Å². The Morgan fingerprint density at radius 2 is 2.11 bits per heavy atom. The van der Waals surface area contributed by atoms with Gasteiger partial charge in [0.1, 0.15) is 12.4 Å². The van der Waals surface area contributed by atoms with Crippen molar-refractivity contribution in [2.24, 2.45) is 11.1 Å². The van der Waals surface area contributed by atoms with Crippen molar-refractivity contribution in [2.45, 2.75) is 33.7 Å². The molecule has 0 aromatic heterocycles. The Morgan fingerprint density at radius 3 is 2.56 bits per heavy atom. The minimum absolute atomic E-state index is 0.0202. The van der Waals surface area contributed by atoms with Crippen LogP contribution in [0.4, 0.5) is 0 Å². The first-order chi connectivity index (χ1) is 8.24. The van der Waals surface area contributed by atoms with Crippen LogP contribution < -0.4 is 10.5 Å². The fourth-order valence-electron chi connectivity index (χ4n) is 1.44. The van der Waals surface area contributed by atoms with Crippen LogP contribution in [-0.4, -0.2) is 17.7 Å². The smallest absolute Gasteiger partial charge is 0.312 e. The zero-order valence-corrected chi connectivity index (χ0v) is 11.4. The van der Waals surface area contributed by atoms with Gasteiger partial charge in [-0.05, 0) is 44.9 Å². The molecule has 1 aromatic carbocycles. The zero-order chi connectivity index (χ0) is 13.9. The molecule has 0 aliphatic rings. The molecule has 4 nitrogen and oxygen atoms in total. The van der Waals surface area contributed by atoms with Gasteiger partial charge in [-0.25, -0.2) is 0 Å². The highest BCUT2D eigenvalue weighted by Crippen LogP contribution is 2.24. The SMILES string of the molecule is Cc1cc([C@H](C)N)ccc1OCC(C)(C)C(=O)O. The molecule has 0 fully saturated rings. The number of hydrogen-bond donors (Lipinski definition) is 2. The van der Waals surface area contributed by atoms with E-state index in [1.807, 2.05) is 32.0 Å². The van der Waals surface area contributed by atoms with E-state index in [9.17, 15) is 4.79 Å². The van der Waals surface area contributed by atoms with Crippen molar-refractivity contribution in [1.29, 1.82) is 0 Å². The van der Waals surface area contributed by atoms with Crippen LogP contribution >= 0.6 is 0 Å².